The topological polar surface area (TPSA) is 81.4 Å². The fraction of sp³-hybridized carbons (Fsp3) is 0.238. The van der Waals surface area contributed by atoms with Crippen LogP contribution in [0.1, 0.15) is 17.0 Å². The zero-order chi connectivity index (χ0) is 19.9. The first-order chi connectivity index (χ1) is 13.5. The summed E-state index contributed by atoms with van der Waals surface area (Å²) in [7, 11) is 0.231. The van der Waals surface area contributed by atoms with Gasteiger partial charge < -0.3 is 14.5 Å². The molecule has 1 atom stereocenters. The van der Waals surface area contributed by atoms with Crippen LogP contribution in [-0.4, -0.2) is 28.0 Å². The molecule has 1 amide bonds. The molecule has 0 aliphatic heterocycles. The first kappa shape index (κ1) is 19.8. The summed E-state index contributed by atoms with van der Waals surface area (Å²) < 4.78 is 23.1. The second-order valence-corrected chi connectivity index (χ2v) is 7.70. The predicted molar refractivity (Wildman–Crippen MR) is 108 cm³/mol. The minimum Gasteiger partial charge on any atom is -0.497 e. The molecule has 3 aromatic rings. The molecule has 0 radical (unpaired) electrons. The van der Waals surface area contributed by atoms with Crippen molar-refractivity contribution in [1.82, 2.24) is 10.3 Å². The van der Waals surface area contributed by atoms with Crippen molar-refractivity contribution >= 4 is 16.7 Å². The van der Waals surface area contributed by atoms with E-state index in [1.165, 1.54) is 0 Å². The fourth-order valence-corrected chi connectivity index (χ4v) is 3.68. The second kappa shape index (κ2) is 9.32. The highest BCUT2D eigenvalue weighted by atomic mass is 32.2. The maximum absolute atomic E-state index is 12.4. The van der Waals surface area contributed by atoms with Gasteiger partial charge in [-0.1, -0.05) is 30.3 Å². The highest BCUT2D eigenvalue weighted by molar-refractivity contribution is 7.84. The lowest BCUT2D eigenvalue weighted by Crippen LogP contribution is -2.28. The van der Waals surface area contributed by atoms with Gasteiger partial charge in [0.1, 0.15) is 17.3 Å². The normalized spacial score (nSPS) is 11.8. The molecule has 0 bridgehead atoms. The van der Waals surface area contributed by atoms with Gasteiger partial charge in [-0.15, -0.1) is 0 Å². The lowest BCUT2D eigenvalue weighted by atomic mass is 10.2. The highest BCUT2D eigenvalue weighted by Crippen LogP contribution is 2.22. The van der Waals surface area contributed by atoms with Crippen molar-refractivity contribution in [3.63, 3.8) is 0 Å². The molecular weight excluding hydrogens is 376 g/mol. The smallest absolute Gasteiger partial charge is 0.232 e. The monoisotopic (exact) mass is 398 g/mol. The molecular formula is C21H22N2O4S. The third kappa shape index (κ3) is 5.29. The van der Waals surface area contributed by atoms with Gasteiger partial charge in [-0.25, -0.2) is 4.98 Å². The summed E-state index contributed by atoms with van der Waals surface area (Å²) in [4.78, 5) is 16.5. The number of benzene rings is 2. The number of nitrogens with zero attached hydrogens (tertiary/aromatic N) is 1. The standard InChI is InChI=1S/C21H22N2O4S/c1-15-19(23-21(27-15)17-6-4-3-5-7-17)13-28(25)14-20(24)22-12-16-8-10-18(26-2)11-9-16/h3-11H,12-14H2,1-2H3,(H,22,24)/t28-/m0/s1. The van der Waals surface area contributed by atoms with Crippen LogP contribution in [0, 0.1) is 6.92 Å². The van der Waals surface area contributed by atoms with E-state index in [0.717, 1.165) is 16.9 Å². The van der Waals surface area contributed by atoms with Gasteiger partial charge >= 0.3 is 0 Å². The average molecular weight is 398 g/mol. The number of aryl methyl sites for hydroxylation is 1. The molecule has 1 aromatic heterocycles. The number of nitrogens with one attached hydrogen (secondary N) is 1. The molecule has 146 valence electrons. The van der Waals surface area contributed by atoms with E-state index < -0.39 is 10.8 Å². The molecule has 0 aliphatic carbocycles. The zero-order valence-corrected chi connectivity index (χ0v) is 16.6. The van der Waals surface area contributed by atoms with E-state index in [1.807, 2.05) is 54.6 Å². The number of oxazole rings is 1. The number of ether oxygens (including phenoxy) is 1. The van der Waals surface area contributed by atoms with Crippen molar-refractivity contribution in [2.75, 3.05) is 12.9 Å². The van der Waals surface area contributed by atoms with E-state index in [4.69, 9.17) is 9.15 Å². The molecule has 0 unspecified atom stereocenters. The Morgan fingerprint density at radius 3 is 2.54 bits per heavy atom. The Labute approximate surface area is 166 Å². The minimum atomic E-state index is -1.37. The van der Waals surface area contributed by atoms with Gasteiger partial charge in [0.05, 0.1) is 18.6 Å². The van der Waals surface area contributed by atoms with E-state index in [1.54, 1.807) is 14.0 Å². The number of amides is 1. The van der Waals surface area contributed by atoms with Gasteiger partial charge in [-0.05, 0) is 36.8 Å². The quantitative estimate of drug-likeness (QED) is 0.630. The molecule has 0 saturated carbocycles. The van der Waals surface area contributed by atoms with Crippen LogP contribution in [0.5, 0.6) is 5.75 Å². The van der Waals surface area contributed by atoms with Gasteiger partial charge in [0.2, 0.25) is 11.8 Å². The van der Waals surface area contributed by atoms with Crippen molar-refractivity contribution in [1.29, 1.82) is 0 Å². The Bertz CT molecular complexity index is 952. The summed E-state index contributed by atoms with van der Waals surface area (Å²) in [6.45, 7) is 2.16. The van der Waals surface area contributed by atoms with Crippen molar-refractivity contribution in [2.45, 2.75) is 19.2 Å². The van der Waals surface area contributed by atoms with Crippen LogP contribution >= 0.6 is 0 Å². The lowest BCUT2D eigenvalue weighted by Gasteiger charge is -2.06. The maximum atomic E-state index is 12.4. The number of carbonyl (C=O) groups is 1. The summed E-state index contributed by atoms with van der Waals surface area (Å²) >= 11 is 0. The first-order valence-corrected chi connectivity index (χ1v) is 10.3. The Hall–Kier alpha value is -2.93. The molecule has 7 heteroatoms. The predicted octanol–water partition coefficient (Wildman–Crippen LogP) is 3.22. The second-order valence-electron chi connectivity index (χ2n) is 6.24. The Morgan fingerprint density at radius 2 is 1.86 bits per heavy atom. The SMILES string of the molecule is COc1ccc(CNC(=O)C[S@@](=O)Cc2nc(-c3ccccc3)oc2C)cc1. The van der Waals surface area contributed by atoms with Crippen molar-refractivity contribution < 1.29 is 18.2 Å². The minimum absolute atomic E-state index is 0.0802. The van der Waals surface area contributed by atoms with E-state index in [0.29, 0.717) is 23.9 Å². The van der Waals surface area contributed by atoms with Crippen molar-refractivity contribution in [3.05, 3.63) is 71.6 Å². The summed E-state index contributed by atoms with van der Waals surface area (Å²) in [6, 6.07) is 16.9. The summed E-state index contributed by atoms with van der Waals surface area (Å²) in [5, 5.41) is 2.78. The van der Waals surface area contributed by atoms with Crippen molar-refractivity contribution in [2.24, 2.45) is 0 Å². The van der Waals surface area contributed by atoms with Crippen LogP contribution in [0.25, 0.3) is 11.5 Å². The number of rotatable bonds is 8. The van der Waals surface area contributed by atoms with E-state index in [-0.39, 0.29) is 17.4 Å². The van der Waals surface area contributed by atoms with Crippen LogP contribution in [0.15, 0.2) is 59.0 Å². The number of aromatic nitrogens is 1. The third-order valence-electron chi connectivity index (χ3n) is 4.15. The van der Waals surface area contributed by atoms with Gasteiger partial charge in [-0.2, -0.15) is 0 Å². The number of hydrogen-bond donors (Lipinski definition) is 1. The number of methoxy groups -OCH3 is 1. The summed E-state index contributed by atoms with van der Waals surface area (Å²) in [6.07, 6.45) is 0. The molecule has 2 aromatic carbocycles. The first-order valence-electron chi connectivity index (χ1n) is 8.81. The van der Waals surface area contributed by atoms with E-state index in [9.17, 15) is 9.00 Å². The Morgan fingerprint density at radius 1 is 1.14 bits per heavy atom. The van der Waals surface area contributed by atoms with Gasteiger partial charge in [0.25, 0.3) is 0 Å². The largest absolute Gasteiger partial charge is 0.497 e. The van der Waals surface area contributed by atoms with Crippen LogP contribution in [-0.2, 0) is 27.9 Å². The number of hydrogen-bond acceptors (Lipinski definition) is 5. The fourth-order valence-electron chi connectivity index (χ4n) is 2.61. The molecule has 0 saturated heterocycles. The zero-order valence-electron chi connectivity index (χ0n) is 15.8. The molecule has 0 aliphatic rings. The summed E-state index contributed by atoms with van der Waals surface area (Å²) in [5.74, 6) is 1.70. The number of carbonyl (C=O) groups excluding carboxylic acids is 1. The Kier molecular flexibility index (Phi) is 6.60. The summed E-state index contributed by atoms with van der Waals surface area (Å²) in [5.41, 5.74) is 2.42. The lowest BCUT2D eigenvalue weighted by molar-refractivity contribution is -0.118. The molecule has 1 N–H and O–H groups in total. The van der Waals surface area contributed by atoms with Crippen LogP contribution in [0.4, 0.5) is 0 Å². The van der Waals surface area contributed by atoms with Gasteiger partial charge in [0, 0.05) is 22.9 Å². The van der Waals surface area contributed by atoms with Gasteiger partial charge in [-0.3, -0.25) is 9.00 Å². The van der Waals surface area contributed by atoms with Crippen molar-refractivity contribution in [3.8, 4) is 17.2 Å². The van der Waals surface area contributed by atoms with Crippen LogP contribution in [0.2, 0.25) is 0 Å². The van der Waals surface area contributed by atoms with Crippen LogP contribution < -0.4 is 10.1 Å². The average Bonchev–Trinajstić information content (AvgIpc) is 3.07. The molecule has 28 heavy (non-hydrogen) atoms. The maximum Gasteiger partial charge on any atom is 0.232 e. The third-order valence-corrected chi connectivity index (χ3v) is 5.33. The molecule has 1 heterocycles. The molecule has 3 rings (SSSR count). The molecule has 0 fully saturated rings. The van der Waals surface area contributed by atoms with Crippen LogP contribution in [0.3, 0.4) is 0 Å². The molecule has 6 nitrogen and oxygen atoms in total. The Balaban J connectivity index is 1.52. The highest BCUT2D eigenvalue weighted by Gasteiger charge is 2.16. The molecule has 0 spiro atoms. The van der Waals surface area contributed by atoms with E-state index >= 15 is 0 Å². The van der Waals surface area contributed by atoms with Gasteiger partial charge in [0.15, 0.2) is 0 Å². The van der Waals surface area contributed by atoms with E-state index in [2.05, 4.69) is 10.3 Å².